The van der Waals surface area contributed by atoms with Crippen molar-refractivity contribution in [1.29, 1.82) is 5.26 Å². The Balaban J connectivity index is 2.16. The van der Waals surface area contributed by atoms with Gasteiger partial charge in [-0.25, -0.2) is 4.79 Å². The molecule has 3 N–H and O–H groups in total. The van der Waals surface area contributed by atoms with Crippen molar-refractivity contribution < 1.29 is 15.0 Å². The number of hydrogen-bond acceptors (Lipinski definition) is 4. The molecular formula is C19H21N3O3. The van der Waals surface area contributed by atoms with Crippen molar-refractivity contribution in [2.24, 2.45) is 0 Å². The van der Waals surface area contributed by atoms with E-state index in [1.54, 1.807) is 30.3 Å². The molecule has 0 spiro atoms. The second-order valence-electron chi connectivity index (χ2n) is 5.78. The first-order chi connectivity index (χ1) is 12.0. The predicted molar refractivity (Wildman–Crippen MR) is 96.8 cm³/mol. The monoisotopic (exact) mass is 339 g/mol. The third kappa shape index (κ3) is 4.42. The van der Waals surface area contributed by atoms with E-state index >= 15 is 0 Å². The van der Waals surface area contributed by atoms with Crippen LogP contribution in [0.1, 0.15) is 31.4 Å². The van der Waals surface area contributed by atoms with Crippen LogP contribution in [-0.2, 0) is 6.54 Å². The summed E-state index contributed by atoms with van der Waals surface area (Å²) in [6, 6.07) is 13.8. The molecule has 0 fully saturated rings. The molecular weight excluding hydrogens is 318 g/mol. The Morgan fingerprint density at radius 1 is 1.32 bits per heavy atom. The summed E-state index contributed by atoms with van der Waals surface area (Å²) in [5.74, 6) is -0.0245. The van der Waals surface area contributed by atoms with Crippen LogP contribution in [0.4, 0.5) is 16.2 Å². The first-order valence-corrected chi connectivity index (χ1v) is 8.04. The SMILES string of the molecule is CC[C@H](C)N(C(=O)O)c1ccc(NCc2cccc(C#N)c2)c(O)c1. The first-order valence-electron chi connectivity index (χ1n) is 8.04. The highest BCUT2D eigenvalue weighted by atomic mass is 16.4. The summed E-state index contributed by atoms with van der Waals surface area (Å²) in [5, 5.41) is 31.6. The lowest BCUT2D eigenvalue weighted by molar-refractivity contribution is 0.199. The van der Waals surface area contributed by atoms with Gasteiger partial charge in [0, 0.05) is 18.7 Å². The Bertz CT molecular complexity index is 799. The number of benzene rings is 2. The molecule has 1 atom stereocenters. The summed E-state index contributed by atoms with van der Waals surface area (Å²) < 4.78 is 0. The molecule has 130 valence electrons. The van der Waals surface area contributed by atoms with Crippen LogP contribution in [0, 0.1) is 11.3 Å². The van der Waals surface area contributed by atoms with E-state index in [0.29, 0.717) is 29.9 Å². The molecule has 2 aromatic rings. The zero-order chi connectivity index (χ0) is 18.4. The van der Waals surface area contributed by atoms with Crippen molar-refractivity contribution >= 4 is 17.5 Å². The number of phenols is 1. The maximum Gasteiger partial charge on any atom is 0.412 e. The molecule has 1 amide bonds. The number of aromatic hydroxyl groups is 1. The van der Waals surface area contributed by atoms with E-state index < -0.39 is 6.09 Å². The standard InChI is InChI=1S/C19H21N3O3/c1-3-13(2)22(19(24)25)16-7-8-17(18(23)10-16)21-12-15-6-4-5-14(9-15)11-20/h4-10,13,21,23H,3,12H2,1-2H3,(H,24,25)/t13-/m0/s1. The van der Waals surface area contributed by atoms with E-state index in [9.17, 15) is 15.0 Å². The molecule has 0 aromatic heterocycles. The highest BCUT2D eigenvalue weighted by Gasteiger charge is 2.20. The van der Waals surface area contributed by atoms with E-state index in [0.717, 1.165) is 5.56 Å². The molecule has 2 aromatic carbocycles. The zero-order valence-electron chi connectivity index (χ0n) is 14.2. The van der Waals surface area contributed by atoms with Crippen molar-refractivity contribution in [3.63, 3.8) is 0 Å². The van der Waals surface area contributed by atoms with Gasteiger partial charge in [-0.05, 0) is 43.2 Å². The van der Waals surface area contributed by atoms with Crippen molar-refractivity contribution in [1.82, 2.24) is 0 Å². The zero-order valence-corrected chi connectivity index (χ0v) is 14.2. The van der Waals surface area contributed by atoms with Gasteiger partial charge in [0.05, 0.1) is 23.0 Å². The molecule has 25 heavy (non-hydrogen) atoms. The van der Waals surface area contributed by atoms with Crippen LogP contribution < -0.4 is 10.2 Å². The van der Waals surface area contributed by atoms with E-state index in [-0.39, 0.29) is 11.8 Å². The summed E-state index contributed by atoms with van der Waals surface area (Å²) >= 11 is 0. The molecule has 0 aliphatic heterocycles. The Hall–Kier alpha value is -3.20. The third-order valence-corrected chi connectivity index (χ3v) is 4.04. The topological polar surface area (TPSA) is 96.6 Å². The molecule has 0 saturated heterocycles. The summed E-state index contributed by atoms with van der Waals surface area (Å²) in [6.07, 6.45) is -0.384. The van der Waals surface area contributed by atoms with Crippen LogP contribution in [0.15, 0.2) is 42.5 Å². The maximum atomic E-state index is 11.5. The molecule has 0 unspecified atom stereocenters. The number of nitrogens with one attached hydrogen (secondary N) is 1. The van der Waals surface area contributed by atoms with Crippen molar-refractivity contribution in [3.05, 3.63) is 53.6 Å². The fraction of sp³-hybridized carbons (Fsp3) is 0.263. The number of nitrogens with zero attached hydrogens (tertiary/aromatic N) is 2. The van der Waals surface area contributed by atoms with Crippen LogP contribution in [-0.4, -0.2) is 22.3 Å². The van der Waals surface area contributed by atoms with Crippen molar-refractivity contribution in [2.45, 2.75) is 32.9 Å². The number of hydrogen-bond donors (Lipinski definition) is 3. The van der Waals surface area contributed by atoms with Crippen molar-refractivity contribution in [3.8, 4) is 11.8 Å². The molecule has 0 aliphatic carbocycles. The van der Waals surface area contributed by atoms with Gasteiger partial charge < -0.3 is 15.5 Å². The van der Waals surface area contributed by atoms with E-state index in [2.05, 4.69) is 11.4 Å². The molecule has 0 heterocycles. The van der Waals surface area contributed by atoms with E-state index in [1.165, 1.54) is 11.0 Å². The molecule has 6 nitrogen and oxygen atoms in total. The minimum absolute atomic E-state index is 0.0245. The van der Waals surface area contributed by atoms with Crippen LogP contribution in [0.25, 0.3) is 0 Å². The van der Waals surface area contributed by atoms with Gasteiger partial charge in [0.2, 0.25) is 0 Å². The second-order valence-corrected chi connectivity index (χ2v) is 5.78. The number of amides is 1. The van der Waals surface area contributed by atoms with Gasteiger partial charge in [-0.2, -0.15) is 5.26 Å². The highest BCUT2D eigenvalue weighted by Crippen LogP contribution is 2.30. The fourth-order valence-corrected chi connectivity index (χ4v) is 2.50. The average molecular weight is 339 g/mol. The Morgan fingerprint density at radius 2 is 2.08 bits per heavy atom. The smallest absolute Gasteiger partial charge is 0.412 e. The number of carbonyl (C=O) groups is 1. The normalized spacial score (nSPS) is 11.4. The molecule has 6 heteroatoms. The lowest BCUT2D eigenvalue weighted by atomic mass is 10.1. The molecule has 0 bridgehead atoms. The largest absolute Gasteiger partial charge is 0.506 e. The van der Waals surface area contributed by atoms with Crippen LogP contribution >= 0.6 is 0 Å². The summed E-state index contributed by atoms with van der Waals surface area (Å²) in [4.78, 5) is 12.7. The first kappa shape index (κ1) is 18.1. The molecule has 0 saturated carbocycles. The second kappa shape index (κ2) is 8.06. The van der Waals surface area contributed by atoms with Gasteiger partial charge in [0.15, 0.2) is 0 Å². The number of phenolic OH excluding ortho intramolecular Hbond substituents is 1. The molecule has 0 radical (unpaired) electrons. The Labute approximate surface area is 146 Å². The lowest BCUT2D eigenvalue weighted by Gasteiger charge is -2.26. The van der Waals surface area contributed by atoms with E-state index in [4.69, 9.17) is 5.26 Å². The Morgan fingerprint density at radius 3 is 2.68 bits per heavy atom. The summed E-state index contributed by atoms with van der Waals surface area (Å²) in [7, 11) is 0. The van der Waals surface area contributed by atoms with Crippen LogP contribution in [0.3, 0.4) is 0 Å². The van der Waals surface area contributed by atoms with Crippen LogP contribution in [0.5, 0.6) is 5.75 Å². The van der Waals surface area contributed by atoms with Gasteiger partial charge in [-0.1, -0.05) is 19.1 Å². The quantitative estimate of drug-likeness (QED) is 0.687. The highest BCUT2D eigenvalue weighted by molar-refractivity contribution is 5.87. The number of carboxylic acid groups (broad SMARTS) is 1. The number of rotatable bonds is 6. The van der Waals surface area contributed by atoms with Gasteiger partial charge in [-0.3, -0.25) is 4.90 Å². The average Bonchev–Trinajstić information content (AvgIpc) is 2.60. The van der Waals surface area contributed by atoms with Gasteiger partial charge in [-0.15, -0.1) is 0 Å². The molecule has 0 aliphatic rings. The minimum Gasteiger partial charge on any atom is -0.506 e. The lowest BCUT2D eigenvalue weighted by Crippen LogP contribution is -2.37. The van der Waals surface area contributed by atoms with Crippen molar-refractivity contribution in [2.75, 3.05) is 10.2 Å². The van der Waals surface area contributed by atoms with Gasteiger partial charge in [0.25, 0.3) is 0 Å². The fourth-order valence-electron chi connectivity index (χ4n) is 2.50. The predicted octanol–water partition coefficient (Wildman–Crippen LogP) is 4.16. The summed E-state index contributed by atoms with van der Waals surface area (Å²) in [6.45, 7) is 4.17. The number of nitriles is 1. The number of anilines is 2. The van der Waals surface area contributed by atoms with Gasteiger partial charge >= 0.3 is 6.09 Å². The minimum atomic E-state index is -1.05. The van der Waals surface area contributed by atoms with Gasteiger partial charge in [0.1, 0.15) is 5.75 Å². The summed E-state index contributed by atoms with van der Waals surface area (Å²) in [5.41, 5.74) is 2.41. The van der Waals surface area contributed by atoms with Crippen LogP contribution in [0.2, 0.25) is 0 Å². The third-order valence-electron chi connectivity index (χ3n) is 4.04. The maximum absolute atomic E-state index is 11.5. The molecule has 2 rings (SSSR count). The Kier molecular flexibility index (Phi) is 5.85. The van der Waals surface area contributed by atoms with E-state index in [1.807, 2.05) is 19.9 Å².